The molecule has 1 aliphatic heterocycles. The van der Waals surface area contributed by atoms with Crippen LogP contribution in [0, 0.1) is 5.82 Å². The van der Waals surface area contributed by atoms with Crippen LogP contribution in [0.3, 0.4) is 0 Å². The van der Waals surface area contributed by atoms with Crippen molar-refractivity contribution in [2.45, 2.75) is 12.7 Å². The van der Waals surface area contributed by atoms with Gasteiger partial charge < -0.3 is 10.1 Å². The molecule has 3 N–H and O–H groups in total. The Balaban J connectivity index is 0.000000631. The lowest BCUT2D eigenvalue weighted by Gasteiger charge is -2.26. The number of hydrogen-bond acceptors (Lipinski definition) is 9. The predicted molar refractivity (Wildman–Crippen MR) is 132 cm³/mol. The molecule has 2 heterocycles. The largest absolute Gasteiger partial charge is 0.446 e. The Kier molecular flexibility index (Phi) is 10.6. The van der Waals surface area contributed by atoms with E-state index in [1.807, 2.05) is 17.6 Å². The molecule has 3 aromatic rings. The number of aromatic nitrogens is 2. The van der Waals surface area contributed by atoms with Crippen LogP contribution in [0.5, 0.6) is 0 Å². The number of ether oxygens (including phenoxy) is 1. The van der Waals surface area contributed by atoms with E-state index in [0.717, 1.165) is 38.4 Å². The quantitative estimate of drug-likeness (QED) is 0.124. The van der Waals surface area contributed by atoms with Crippen LogP contribution in [0.1, 0.15) is 21.6 Å². The minimum Gasteiger partial charge on any atom is -0.379 e. The monoisotopic (exact) mass is 616 g/mol. The smallest absolute Gasteiger partial charge is 0.379 e. The van der Waals surface area contributed by atoms with Crippen LogP contribution < -0.4 is 10.8 Å². The van der Waals surface area contributed by atoms with Gasteiger partial charge in [-0.05, 0) is 62.1 Å². The predicted octanol–water partition coefficient (Wildman–Crippen LogP) is 3.86. The first-order chi connectivity index (χ1) is 18.6. The number of carbonyl (C=O) groups is 2. The van der Waals surface area contributed by atoms with Gasteiger partial charge in [0.15, 0.2) is 11.5 Å². The van der Waals surface area contributed by atoms with Gasteiger partial charge in [-0.1, -0.05) is 12.1 Å². The van der Waals surface area contributed by atoms with Gasteiger partial charge in [0, 0.05) is 25.2 Å². The highest BCUT2D eigenvalue weighted by molar-refractivity contribution is 9.10. The number of amidine groups is 1. The zero-order valence-electron chi connectivity index (χ0n) is 19.9. The molecular formula is C23H21BrF4N6O5. The van der Waals surface area contributed by atoms with E-state index in [9.17, 15) is 27.6 Å². The minimum absolute atomic E-state index is 0.0322. The number of amides is 1. The van der Waals surface area contributed by atoms with Gasteiger partial charge in [-0.25, -0.2) is 14.0 Å². The van der Waals surface area contributed by atoms with E-state index in [1.54, 1.807) is 12.1 Å². The van der Waals surface area contributed by atoms with Crippen molar-refractivity contribution < 1.29 is 41.7 Å². The summed E-state index contributed by atoms with van der Waals surface area (Å²) in [7, 11) is 0. The fourth-order valence-electron chi connectivity index (χ4n) is 3.20. The van der Waals surface area contributed by atoms with E-state index in [4.69, 9.17) is 14.2 Å². The Morgan fingerprint density at radius 1 is 1.15 bits per heavy atom. The van der Waals surface area contributed by atoms with Crippen LogP contribution in [0.2, 0.25) is 0 Å². The van der Waals surface area contributed by atoms with Gasteiger partial charge in [0.2, 0.25) is 12.1 Å². The summed E-state index contributed by atoms with van der Waals surface area (Å²) >= 11 is 3.07. The van der Waals surface area contributed by atoms with Crippen molar-refractivity contribution in [3.05, 3.63) is 69.6 Å². The molecule has 0 aliphatic carbocycles. The Labute approximate surface area is 226 Å². The third-order valence-corrected chi connectivity index (χ3v) is 5.66. The van der Waals surface area contributed by atoms with Crippen LogP contribution >= 0.6 is 15.9 Å². The molecule has 1 aliphatic rings. The summed E-state index contributed by atoms with van der Waals surface area (Å²) in [6.45, 7) is 3.98. The van der Waals surface area contributed by atoms with Gasteiger partial charge in [-0.15, -0.1) is 0 Å². The van der Waals surface area contributed by atoms with Gasteiger partial charge in [0.25, 0.3) is 5.91 Å². The summed E-state index contributed by atoms with van der Waals surface area (Å²) in [4.78, 5) is 27.8. The fraction of sp³-hybridized carbons (Fsp3) is 0.261. The van der Waals surface area contributed by atoms with Crippen LogP contribution in [-0.2, 0) is 16.1 Å². The molecule has 0 atom stereocenters. The average molecular weight is 617 g/mol. The lowest BCUT2D eigenvalue weighted by Crippen LogP contribution is -2.35. The number of hydroxylamine groups is 1. The molecule has 11 nitrogen and oxygen atoms in total. The van der Waals surface area contributed by atoms with E-state index in [-0.39, 0.29) is 21.8 Å². The minimum atomic E-state index is -4.64. The standard InChI is InChI=1S/C21H20BrFN6O4.C2HF3O/c22-16-11-15(5-6-17(16)23)24-19(26-31)18-20(28-33-27-18)25-21(30)14-3-1-13(2-4-14)12-29-7-9-32-10-8-29;3-2(4,5)1-6/h1-6,11,31H,7-10,12H2,(H,24,26)(H,25,28,30);1H. The number of nitrogens with one attached hydrogen (secondary N) is 2. The summed E-state index contributed by atoms with van der Waals surface area (Å²) < 4.78 is 55.0. The fourth-order valence-corrected chi connectivity index (χ4v) is 3.57. The first kappa shape index (κ1) is 29.8. The molecule has 208 valence electrons. The van der Waals surface area contributed by atoms with Gasteiger partial charge in [0.05, 0.1) is 23.4 Å². The third kappa shape index (κ3) is 9.20. The molecular weight excluding hydrogens is 596 g/mol. The molecule has 1 amide bonds. The van der Waals surface area contributed by atoms with Crippen LogP contribution in [0.15, 0.2) is 56.6 Å². The van der Waals surface area contributed by atoms with Crippen molar-refractivity contribution >= 4 is 45.5 Å². The number of alkyl halides is 3. The number of carbonyl (C=O) groups excluding carboxylic acids is 2. The Bertz CT molecular complexity index is 1300. The Morgan fingerprint density at radius 2 is 1.82 bits per heavy atom. The molecule has 0 unspecified atom stereocenters. The lowest BCUT2D eigenvalue weighted by molar-refractivity contribution is -0.156. The SMILES string of the molecule is O=C(Nc1nonc1C(=Nc1ccc(F)c(Br)c1)NO)c1ccc(CN2CCOCC2)cc1.O=CC(F)(F)F. The van der Waals surface area contributed by atoms with Gasteiger partial charge in [0.1, 0.15) is 5.82 Å². The average Bonchev–Trinajstić information content (AvgIpc) is 3.38. The number of hydrogen-bond donors (Lipinski definition) is 3. The van der Waals surface area contributed by atoms with Crippen molar-refractivity contribution in [1.29, 1.82) is 0 Å². The second-order valence-electron chi connectivity index (χ2n) is 7.83. The normalized spacial score (nSPS) is 14.3. The molecule has 1 saturated heterocycles. The van der Waals surface area contributed by atoms with Crippen LogP contribution in [0.4, 0.5) is 29.1 Å². The highest BCUT2D eigenvalue weighted by Crippen LogP contribution is 2.23. The van der Waals surface area contributed by atoms with Crippen molar-refractivity contribution in [2.75, 3.05) is 31.6 Å². The molecule has 1 aromatic heterocycles. The zero-order valence-corrected chi connectivity index (χ0v) is 21.5. The second kappa shape index (κ2) is 13.9. The number of halogens is 5. The Hall–Kier alpha value is -3.73. The number of aldehydes is 1. The number of aliphatic imine (C=N–C) groups is 1. The van der Waals surface area contributed by atoms with E-state index in [2.05, 4.69) is 41.5 Å². The highest BCUT2D eigenvalue weighted by atomic mass is 79.9. The van der Waals surface area contributed by atoms with Crippen molar-refractivity contribution in [3.63, 3.8) is 0 Å². The first-order valence-corrected chi connectivity index (χ1v) is 11.9. The second-order valence-corrected chi connectivity index (χ2v) is 8.69. The van der Waals surface area contributed by atoms with Crippen LogP contribution in [-0.4, -0.2) is 70.9 Å². The molecule has 0 spiro atoms. The molecule has 0 saturated carbocycles. The maximum absolute atomic E-state index is 13.4. The molecule has 4 rings (SSSR count). The summed E-state index contributed by atoms with van der Waals surface area (Å²) in [5, 5.41) is 19.5. The molecule has 0 bridgehead atoms. The molecule has 2 aromatic carbocycles. The van der Waals surface area contributed by atoms with Gasteiger partial charge in [-0.3, -0.25) is 25.2 Å². The van der Waals surface area contributed by atoms with Crippen molar-refractivity contribution in [1.82, 2.24) is 20.7 Å². The summed E-state index contributed by atoms with van der Waals surface area (Å²) in [6.07, 6.45) is -5.70. The van der Waals surface area contributed by atoms with Gasteiger partial charge >= 0.3 is 6.18 Å². The summed E-state index contributed by atoms with van der Waals surface area (Å²) in [5.74, 6) is -1.09. The number of rotatable bonds is 6. The summed E-state index contributed by atoms with van der Waals surface area (Å²) in [6, 6.07) is 11.2. The summed E-state index contributed by atoms with van der Waals surface area (Å²) in [5.41, 5.74) is 3.68. The molecule has 1 fully saturated rings. The van der Waals surface area contributed by atoms with Crippen molar-refractivity contribution in [3.8, 4) is 0 Å². The number of morpholine rings is 1. The van der Waals surface area contributed by atoms with E-state index < -0.39 is 24.2 Å². The maximum atomic E-state index is 13.4. The van der Waals surface area contributed by atoms with E-state index in [1.165, 1.54) is 18.2 Å². The van der Waals surface area contributed by atoms with E-state index in [0.29, 0.717) is 11.3 Å². The number of nitrogens with zero attached hydrogens (tertiary/aromatic N) is 4. The maximum Gasteiger partial charge on any atom is 0.446 e. The molecule has 0 radical (unpaired) electrons. The van der Waals surface area contributed by atoms with E-state index >= 15 is 0 Å². The Morgan fingerprint density at radius 3 is 2.41 bits per heavy atom. The zero-order chi connectivity index (χ0) is 28.4. The lowest BCUT2D eigenvalue weighted by atomic mass is 10.1. The third-order valence-electron chi connectivity index (χ3n) is 5.05. The van der Waals surface area contributed by atoms with Crippen molar-refractivity contribution in [2.24, 2.45) is 4.99 Å². The highest BCUT2D eigenvalue weighted by Gasteiger charge is 2.25. The van der Waals surface area contributed by atoms with Crippen LogP contribution in [0.25, 0.3) is 0 Å². The molecule has 16 heteroatoms. The topological polar surface area (TPSA) is 142 Å². The number of anilines is 1. The number of benzene rings is 2. The van der Waals surface area contributed by atoms with Gasteiger partial charge in [-0.2, -0.15) is 13.2 Å². The molecule has 39 heavy (non-hydrogen) atoms. The first-order valence-electron chi connectivity index (χ1n) is 11.1.